The smallest absolute Gasteiger partial charge is 0.135 e. The second-order valence-electron chi connectivity index (χ2n) is 2.90. The molecule has 0 aliphatic rings. The third-order valence-corrected chi connectivity index (χ3v) is 2.43. The van der Waals surface area contributed by atoms with Gasteiger partial charge in [-0.15, -0.1) is 0 Å². The molecule has 1 heterocycles. The van der Waals surface area contributed by atoms with E-state index in [4.69, 9.17) is 0 Å². The quantitative estimate of drug-likeness (QED) is 0.743. The van der Waals surface area contributed by atoms with Crippen molar-refractivity contribution in [3.8, 4) is 0 Å². The average molecular weight is 243 g/mol. The molecule has 0 aliphatic carbocycles. The zero-order valence-corrected chi connectivity index (χ0v) is 9.71. The van der Waals surface area contributed by atoms with Gasteiger partial charge in [-0.05, 0) is 25.8 Å². The SMILES string of the molecule is CCn1ccnc1C(C)=CCCBr. The molecule has 0 aliphatic heterocycles. The molecule has 1 aromatic rings. The van der Waals surface area contributed by atoms with Gasteiger partial charge in [-0.25, -0.2) is 4.98 Å². The van der Waals surface area contributed by atoms with E-state index in [-0.39, 0.29) is 0 Å². The van der Waals surface area contributed by atoms with E-state index in [1.807, 2.05) is 12.4 Å². The van der Waals surface area contributed by atoms with Gasteiger partial charge in [0.05, 0.1) is 0 Å². The molecule has 0 unspecified atom stereocenters. The van der Waals surface area contributed by atoms with Crippen LogP contribution in [0.15, 0.2) is 18.5 Å². The lowest BCUT2D eigenvalue weighted by Gasteiger charge is -2.04. The van der Waals surface area contributed by atoms with Crippen LogP contribution in [0.3, 0.4) is 0 Å². The lowest BCUT2D eigenvalue weighted by molar-refractivity contribution is 0.747. The van der Waals surface area contributed by atoms with Crippen LogP contribution < -0.4 is 0 Å². The second kappa shape index (κ2) is 5.22. The van der Waals surface area contributed by atoms with Crippen LogP contribution >= 0.6 is 15.9 Å². The number of alkyl halides is 1. The molecule has 0 aromatic carbocycles. The van der Waals surface area contributed by atoms with Gasteiger partial charge in [0, 0.05) is 24.3 Å². The standard InChI is InChI=1S/C10H15BrN2/c1-3-13-8-7-12-10(13)9(2)5-4-6-11/h5,7-8H,3-4,6H2,1-2H3. The van der Waals surface area contributed by atoms with E-state index in [2.05, 4.69) is 45.4 Å². The fourth-order valence-corrected chi connectivity index (χ4v) is 1.50. The van der Waals surface area contributed by atoms with Crippen molar-refractivity contribution >= 4 is 21.5 Å². The van der Waals surface area contributed by atoms with Crippen LogP contribution in [0.2, 0.25) is 0 Å². The number of hydrogen-bond acceptors (Lipinski definition) is 1. The van der Waals surface area contributed by atoms with E-state index >= 15 is 0 Å². The molecule has 0 atom stereocenters. The van der Waals surface area contributed by atoms with Gasteiger partial charge in [0.25, 0.3) is 0 Å². The summed E-state index contributed by atoms with van der Waals surface area (Å²) in [4.78, 5) is 4.32. The lowest BCUT2D eigenvalue weighted by atomic mass is 10.2. The summed E-state index contributed by atoms with van der Waals surface area (Å²) in [6.07, 6.45) is 7.14. The fraction of sp³-hybridized carbons (Fsp3) is 0.500. The first-order valence-electron chi connectivity index (χ1n) is 4.53. The largest absolute Gasteiger partial charge is 0.332 e. The maximum absolute atomic E-state index is 4.32. The van der Waals surface area contributed by atoms with Crippen LogP contribution in [0.4, 0.5) is 0 Å². The molecular weight excluding hydrogens is 228 g/mol. The molecule has 0 amide bonds. The van der Waals surface area contributed by atoms with Crippen LogP contribution in [-0.2, 0) is 6.54 Å². The van der Waals surface area contributed by atoms with Crippen LogP contribution in [0.5, 0.6) is 0 Å². The highest BCUT2D eigenvalue weighted by molar-refractivity contribution is 9.09. The number of nitrogens with zero attached hydrogens (tertiary/aromatic N) is 2. The molecule has 0 spiro atoms. The van der Waals surface area contributed by atoms with Crippen molar-refractivity contribution in [1.29, 1.82) is 0 Å². The third kappa shape index (κ3) is 2.69. The molecule has 0 N–H and O–H groups in total. The van der Waals surface area contributed by atoms with E-state index in [0.717, 1.165) is 24.1 Å². The van der Waals surface area contributed by atoms with E-state index in [1.54, 1.807) is 0 Å². The first-order valence-corrected chi connectivity index (χ1v) is 5.66. The Morgan fingerprint density at radius 3 is 3.08 bits per heavy atom. The zero-order valence-electron chi connectivity index (χ0n) is 8.13. The number of aryl methyl sites for hydroxylation is 1. The second-order valence-corrected chi connectivity index (χ2v) is 3.69. The molecular formula is C10H15BrN2. The number of rotatable bonds is 4. The summed E-state index contributed by atoms with van der Waals surface area (Å²) in [5, 5.41) is 1.01. The third-order valence-electron chi connectivity index (χ3n) is 1.97. The fourth-order valence-electron chi connectivity index (χ4n) is 1.28. The Balaban J connectivity index is 2.81. The van der Waals surface area contributed by atoms with E-state index in [9.17, 15) is 0 Å². The Kier molecular flexibility index (Phi) is 4.22. The number of aromatic nitrogens is 2. The molecule has 2 nitrogen and oxygen atoms in total. The summed E-state index contributed by atoms with van der Waals surface area (Å²) in [6.45, 7) is 5.22. The van der Waals surface area contributed by atoms with Crippen LogP contribution in [0, 0.1) is 0 Å². The van der Waals surface area contributed by atoms with E-state index in [0.29, 0.717) is 0 Å². The van der Waals surface area contributed by atoms with Crippen LogP contribution in [0.25, 0.3) is 5.57 Å². The van der Waals surface area contributed by atoms with Crippen molar-refractivity contribution in [1.82, 2.24) is 9.55 Å². The highest BCUT2D eigenvalue weighted by Crippen LogP contribution is 2.12. The first kappa shape index (κ1) is 10.5. The monoisotopic (exact) mass is 242 g/mol. The Hall–Kier alpha value is -0.570. The maximum atomic E-state index is 4.32. The van der Waals surface area contributed by atoms with E-state index < -0.39 is 0 Å². The predicted octanol–water partition coefficient (Wildman–Crippen LogP) is 3.09. The molecule has 0 saturated carbocycles. The Morgan fingerprint density at radius 2 is 2.46 bits per heavy atom. The summed E-state index contributed by atoms with van der Waals surface area (Å²) >= 11 is 3.40. The van der Waals surface area contributed by atoms with Crippen molar-refractivity contribution in [3.63, 3.8) is 0 Å². The highest BCUT2D eigenvalue weighted by Gasteiger charge is 2.01. The summed E-state index contributed by atoms with van der Waals surface area (Å²) in [5.74, 6) is 1.09. The summed E-state index contributed by atoms with van der Waals surface area (Å²) in [5.41, 5.74) is 1.26. The summed E-state index contributed by atoms with van der Waals surface area (Å²) < 4.78 is 2.15. The van der Waals surface area contributed by atoms with Gasteiger partial charge in [-0.1, -0.05) is 22.0 Å². The normalized spacial score (nSPS) is 12.1. The predicted molar refractivity (Wildman–Crippen MR) is 60.0 cm³/mol. The molecule has 72 valence electrons. The van der Waals surface area contributed by atoms with Crippen molar-refractivity contribution < 1.29 is 0 Å². The summed E-state index contributed by atoms with van der Waals surface area (Å²) in [7, 11) is 0. The van der Waals surface area contributed by atoms with Crippen molar-refractivity contribution in [2.75, 3.05) is 5.33 Å². The molecule has 0 fully saturated rings. The topological polar surface area (TPSA) is 17.8 Å². The van der Waals surface area contributed by atoms with Crippen molar-refractivity contribution in [2.24, 2.45) is 0 Å². The maximum Gasteiger partial charge on any atom is 0.135 e. The minimum absolute atomic E-state index is 0.981. The molecule has 0 bridgehead atoms. The van der Waals surface area contributed by atoms with E-state index in [1.165, 1.54) is 5.57 Å². The van der Waals surface area contributed by atoms with Gasteiger partial charge in [-0.2, -0.15) is 0 Å². The van der Waals surface area contributed by atoms with Gasteiger partial charge in [-0.3, -0.25) is 0 Å². The van der Waals surface area contributed by atoms with Gasteiger partial charge >= 0.3 is 0 Å². The van der Waals surface area contributed by atoms with Gasteiger partial charge in [0.2, 0.25) is 0 Å². The lowest BCUT2D eigenvalue weighted by Crippen LogP contribution is -1.98. The minimum atomic E-state index is 0.981. The first-order chi connectivity index (χ1) is 6.29. The molecule has 0 radical (unpaired) electrons. The zero-order chi connectivity index (χ0) is 9.68. The Labute approximate surface area is 87.8 Å². The average Bonchev–Trinajstić information content (AvgIpc) is 2.61. The van der Waals surface area contributed by atoms with Crippen LogP contribution in [-0.4, -0.2) is 14.9 Å². The summed E-state index contributed by atoms with van der Waals surface area (Å²) in [6, 6.07) is 0. The number of allylic oxidation sites excluding steroid dienone is 2. The molecule has 0 saturated heterocycles. The molecule has 3 heteroatoms. The van der Waals surface area contributed by atoms with Crippen LogP contribution in [0.1, 0.15) is 26.1 Å². The van der Waals surface area contributed by atoms with Crippen molar-refractivity contribution in [2.45, 2.75) is 26.8 Å². The molecule has 1 rings (SSSR count). The van der Waals surface area contributed by atoms with Gasteiger partial charge in [0.15, 0.2) is 0 Å². The molecule has 13 heavy (non-hydrogen) atoms. The highest BCUT2D eigenvalue weighted by atomic mass is 79.9. The van der Waals surface area contributed by atoms with Crippen molar-refractivity contribution in [3.05, 3.63) is 24.3 Å². The number of halogens is 1. The van der Waals surface area contributed by atoms with Gasteiger partial charge in [0.1, 0.15) is 5.82 Å². The Bertz CT molecular complexity index is 289. The molecule has 1 aromatic heterocycles. The number of imidazole rings is 1. The number of hydrogen-bond donors (Lipinski definition) is 0. The Morgan fingerprint density at radius 1 is 1.69 bits per heavy atom. The minimum Gasteiger partial charge on any atom is -0.332 e. The van der Waals surface area contributed by atoms with Gasteiger partial charge < -0.3 is 4.57 Å².